The Kier molecular flexibility index (Phi) is 7.68. The van der Waals surface area contributed by atoms with Crippen molar-refractivity contribution in [3.63, 3.8) is 0 Å². The van der Waals surface area contributed by atoms with Crippen LogP contribution in [0.25, 0.3) is 0 Å². The van der Waals surface area contributed by atoms with Gasteiger partial charge >= 0.3 is 0 Å². The van der Waals surface area contributed by atoms with Crippen LogP contribution in [0.4, 0.5) is 0 Å². The third-order valence-electron chi connectivity index (χ3n) is 10.2. The number of nitrogens with zero attached hydrogens (tertiary/aromatic N) is 1. The molecule has 4 rings (SSSR count). The van der Waals surface area contributed by atoms with Crippen LogP contribution in [-0.2, 0) is 0 Å². The first kappa shape index (κ1) is 24.8. The van der Waals surface area contributed by atoms with E-state index in [-0.39, 0.29) is 12.9 Å². The molecule has 0 heterocycles. The molecular weight excluding hydrogens is 378 g/mol. The Morgan fingerprint density at radius 2 is 1.84 bits per heavy atom. The van der Waals surface area contributed by atoms with Gasteiger partial charge in [0.1, 0.15) is 0 Å². The zero-order valence-electron chi connectivity index (χ0n) is 21.3. The fraction of sp³-hybridized carbons (Fsp3) is 0.897. The third kappa shape index (κ3) is 4.64. The number of aliphatic hydroxyl groups excluding tert-OH is 1. The molecular formula is C29H51NO. The summed E-state index contributed by atoms with van der Waals surface area (Å²) in [5.41, 5.74) is 2.34. The first-order valence-corrected chi connectivity index (χ1v) is 13.5. The summed E-state index contributed by atoms with van der Waals surface area (Å²) in [7, 11) is 0. The highest BCUT2D eigenvalue weighted by Crippen LogP contribution is 2.66. The second-order valence-electron chi connectivity index (χ2n) is 12.2. The Bertz CT molecular complexity index is 694. The molecule has 4 aliphatic carbocycles. The number of nitriles is 1. The lowest BCUT2D eigenvalue weighted by Crippen LogP contribution is -2.50. The summed E-state index contributed by atoms with van der Waals surface area (Å²) in [6.07, 6.45) is 17.5. The maximum absolute atomic E-state index is 10.2. The standard InChI is InChI=1S/C27H43NO.C2H6.H2/c1-25(2,18-28)14-6-5-7-19-9-11-23-22-10-8-20-17-21(29)12-15-27(20,4)24(22)13-16-26(19,23)3;1-2;/h8,19,21-24,29H,5-7,9-17H2,1-4H3;1-2H3;1H. The van der Waals surface area contributed by atoms with Crippen molar-refractivity contribution in [3.05, 3.63) is 11.6 Å². The van der Waals surface area contributed by atoms with E-state index in [4.69, 9.17) is 0 Å². The van der Waals surface area contributed by atoms with Crippen LogP contribution in [-0.4, -0.2) is 11.2 Å². The average Bonchev–Trinajstić information content (AvgIpc) is 3.09. The van der Waals surface area contributed by atoms with Crippen molar-refractivity contribution >= 4 is 0 Å². The van der Waals surface area contributed by atoms with Gasteiger partial charge in [0.25, 0.3) is 0 Å². The van der Waals surface area contributed by atoms with E-state index >= 15 is 0 Å². The third-order valence-corrected chi connectivity index (χ3v) is 10.2. The summed E-state index contributed by atoms with van der Waals surface area (Å²) in [6.45, 7) is 13.3. The smallest absolute Gasteiger partial charge is 0.0683 e. The number of fused-ring (bicyclic) bond motifs is 5. The van der Waals surface area contributed by atoms with Crippen LogP contribution in [0, 0.1) is 51.2 Å². The van der Waals surface area contributed by atoms with Gasteiger partial charge in [0.2, 0.25) is 0 Å². The lowest BCUT2D eigenvalue weighted by Gasteiger charge is -2.58. The Morgan fingerprint density at radius 1 is 1.10 bits per heavy atom. The molecule has 1 N–H and O–H groups in total. The van der Waals surface area contributed by atoms with E-state index in [0.29, 0.717) is 10.8 Å². The van der Waals surface area contributed by atoms with E-state index in [2.05, 4.69) is 39.8 Å². The molecule has 31 heavy (non-hydrogen) atoms. The number of hydrogen-bond acceptors (Lipinski definition) is 2. The van der Waals surface area contributed by atoms with E-state index in [9.17, 15) is 10.4 Å². The van der Waals surface area contributed by atoms with Gasteiger partial charge in [-0.15, -0.1) is 0 Å². The fourth-order valence-corrected chi connectivity index (χ4v) is 8.24. The SMILES string of the molecule is CC.CC(C)(C#N)CCCCC1CCC2C3CC=C4CC(O)CCC4(C)C3CCC12C.[HH]. The van der Waals surface area contributed by atoms with E-state index < -0.39 is 0 Å². The van der Waals surface area contributed by atoms with E-state index in [0.717, 1.165) is 42.9 Å². The molecule has 7 unspecified atom stereocenters. The molecule has 0 aromatic carbocycles. The van der Waals surface area contributed by atoms with Crippen molar-refractivity contribution in [2.24, 2.45) is 39.9 Å². The summed E-state index contributed by atoms with van der Waals surface area (Å²) >= 11 is 0. The molecule has 3 saturated carbocycles. The fourth-order valence-electron chi connectivity index (χ4n) is 8.24. The average molecular weight is 430 g/mol. The molecule has 4 aliphatic rings. The maximum Gasteiger partial charge on any atom is 0.0683 e. The summed E-state index contributed by atoms with van der Waals surface area (Å²) in [5.74, 6) is 3.52. The van der Waals surface area contributed by atoms with Gasteiger partial charge in [0.05, 0.1) is 17.6 Å². The molecule has 0 radical (unpaired) electrons. The number of hydrogen-bond donors (Lipinski definition) is 1. The molecule has 2 nitrogen and oxygen atoms in total. The van der Waals surface area contributed by atoms with Gasteiger partial charge in [-0.25, -0.2) is 0 Å². The van der Waals surface area contributed by atoms with Gasteiger partial charge in [0, 0.05) is 1.43 Å². The molecule has 0 bridgehead atoms. The minimum absolute atomic E-state index is 0. The lowest BCUT2D eigenvalue weighted by molar-refractivity contribution is -0.0509. The van der Waals surface area contributed by atoms with Crippen LogP contribution < -0.4 is 0 Å². The minimum Gasteiger partial charge on any atom is -0.393 e. The van der Waals surface area contributed by atoms with Crippen LogP contribution in [0.15, 0.2) is 11.6 Å². The summed E-state index contributed by atoms with van der Waals surface area (Å²) in [4.78, 5) is 0. The van der Waals surface area contributed by atoms with Gasteiger partial charge < -0.3 is 5.11 Å². The first-order valence-electron chi connectivity index (χ1n) is 13.5. The molecule has 3 fully saturated rings. The van der Waals surface area contributed by atoms with Crippen LogP contribution >= 0.6 is 0 Å². The lowest BCUT2D eigenvalue weighted by atomic mass is 9.47. The minimum atomic E-state index is -0.157. The number of unbranched alkanes of at least 4 members (excludes halogenated alkanes) is 1. The van der Waals surface area contributed by atoms with Crippen molar-refractivity contribution in [1.82, 2.24) is 0 Å². The molecule has 0 spiro atoms. The second-order valence-corrected chi connectivity index (χ2v) is 12.2. The number of aliphatic hydroxyl groups is 1. The highest BCUT2D eigenvalue weighted by Gasteiger charge is 2.58. The van der Waals surface area contributed by atoms with E-state index in [1.807, 2.05) is 13.8 Å². The molecule has 0 aliphatic heterocycles. The molecule has 0 amide bonds. The normalized spacial score (nSPS) is 41.6. The van der Waals surface area contributed by atoms with Gasteiger partial charge in [-0.2, -0.15) is 5.26 Å². The highest BCUT2D eigenvalue weighted by molar-refractivity contribution is 5.25. The van der Waals surface area contributed by atoms with Gasteiger partial charge in [-0.05, 0) is 113 Å². The van der Waals surface area contributed by atoms with Crippen LogP contribution in [0.3, 0.4) is 0 Å². The molecule has 7 atom stereocenters. The van der Waals surface area contributed by atoms with Crippen molar-refractivity contribution in [2.45, 2.75) is 125 Å². The number of rotatable bonds is 5. The summed E-state index contributed by atoms with van der Waals surface area (Å²) in [6, 6.07) is 2.46. The van der Waals surface area contributed by atoms with Crippen molar-refractivity contribution in [3.8, 4) is 6.07 Å². The topological polar surface area (TPSA) is 44.0 Å². The van der Waals surface area contributed by atoms with Crippen LogP contribution in [0.5, 0.6) is 0 Å². The van der Waals surface area contributed by atoms with E-state index in [1.54, 1.807) is 5.57 Å². The maximum atomic E-state index is 10.2. The summed E-state index contributed by atoms with van der Waals surface area (Å²) < 4.78 is 0. The van der Waals surface area contributed by atoms with Crippen molar-refractivity contribution < 1.29 is 6.53 Å². The van der Waals surface area contributed by atoms with Crippen molar-refractivity contribution in [1.29, 1.82) is 5.26 Å². The van der Waals surface area contributed by atoms with Gasteiger partial charge in [0.15, 0.2) is 0 Å². The number of allylic oxidation sites excluding steroid dienone is 1. The second kappa shape index (κ2) is 9.59. The zero-order chi connectivity index (χ0) is 22.9. The molecule has 0 aromatic rings. The monoisotopic (exact) mass is 429 g/mol. The Morgan fingerprint density at radius 3 is 2.55 bits per heavy atom. The van der Waals surface area contributed by atoms with E-state index in [1.165, 1.54) is 57.8 Å². The van der Waals surface area contributed by atoms with Crippen LogP contribution in [0.1, 0.15) is 120 Å². The highest BCUT2D eigenvalue weighted by atomic mass is 16.3. The molecule has 2 heteroatoms. The van der Waals surface area contributed by atoms with Gasteiger partial charge in [-0.3, -0.25) is 0 Å². The predicted octanol–water partition coefficient (Wildman–Crippen LogP) is 8.31. The van der Waals surface area contributed by atoms with Gasteiger partial charge in [-0.1, -0.05) is 52.2 Å². The molecule has 0 saturated heterocycles. The quantitative estimate of drug-likeness (QED) is 0.353. The Balaban J connectivity index is 0.00000118. The van der Waals surface area contributed by atoms with Crippen LogP contribution in [0.2, 0.25) is 0 Å². The zero-order valence-corrected chi connectivity index (χ0v) is 21.3. The Hall–Kier alpha value is -0.810. The molecule has 0 aromatic heterocycles. The summed E-state index contributed by atoms with van der Waals surface area (Å²) in [5, 5.41) is 19.5. The Labute approximate surface area is 194 Å². The predicted molar refractivity (Wildman–Crippen MR) is 133 cm³/mol. The van der Waals surface area contributed by atoms with Crippen molar-refractivity contribution in [2.75, 3.05) is 0 Å². The largest absolute Gasteiger partial charge is 0.393 e. The first-order chi connectivity index (χ1) is 14.7. The molecule has 178 valence electrons.